The Balaban J connectivity index is 1.99. The highest BCUT2D eigenvalue weighted by Gasteiger charge is 2.16. The lowest BCUT2D eigenvalue weighted by Crippen LogP contribution is -2.30. The van der Waals surface area contributed by atoms with Gasteiger partial charge in [-0.25, -0.2) is 0 Å². The lowest BCUT2D eigenvalue weighted by molar-refractivity contribution is -0.122. The highest BCUT2D eigenvalue weighted by atomic mass is 35.5. The molecular formula is C16H15ClN2O3. The van der Waals surface area contributed by atoms with Crippen molar-refractivity contribution in [3.8, 4) is 5.75 Å². The normalized spacial score (nSPS) is 11.5. The first-order chi connectivity index (χ1) is 10.5. The molecule has 2 amide bonds. The maximum Gasteiger partial charge on any atom is 0.265 e. The van der Waals surface area contributed by atoms with Gasteiger partial charge in [-0.05, 0) is 43.3 Å². The van der Waals surface area contributed by atoms with E-state index in [1.807, 2.05) is 0 Å². The van der Waals surface area contributed by atoms with Crippen molar-refractivity contribution < 1.29 is 14.3 Å². The number of ether oxygens (including phenoxy) is 1. The number of benzene rings is 2. The van der Waals surface area contributed by atoms with Crippen LogP contribution < -0.4 is 15.8 Å². The number of hydrogen-bond acceptors (Lipinski definition) is 3. The number of carbonyl (C=O) groups is 2. The molecule has 0 spiro atoms. The van der Waals surface area contributed by atoms with Crippen molar-refractivity contribution in [2.75, 3.05) is 5.32 Å². The van der Waals surface area contributed by atoms with Gasteiger partial charge >= 0.3 is 0 Å². The maximum atomic E-state index is 12.1. The Hall–Kier alpha value is -2.53. The molecule has 0 radical (unpaired) electrons. The number of nitrogens with one attached hydrogen (secondary N) is 1. The topological polar surface area (TPSA) is 81.4 Å². The summed E-state index contributed by atoms with van der Waals surface area (Å²) in [5.41, 5.74) is 6.07. The highest BCUT2D eigenvalue weighted by molar-refractivity contribution is 6.32. The monoisotopic (exact) mass is 318 g/mol. The number of nitrogens with two attached hydrogens (primary N) is 1. The van der Waals surface area contributed by atoms with Gasteiger partial charge in [0.1, 0.15) is 5.75 Å². The second kappa shape index (κ2) is 6.95. The average molecular weight is 319 g/mol. The Morgan fingerprint density at radius 2 is 1.77 bits per heavy atom. The van der Waals surface area contributed by atoms with E-state index in [0.29, 0.717) is 22.0 Å². The van der Waals surface area contributed by atoms with Crippen LogP contribution in [0.5, 0.6) is 5.75 Å². The van der Waals surface area contributed by atoms with E-state index >= 15 is 0 Å². The number of anilines is 1. The first-order valence-corrected chi connectivity index (χ1v) is 6.97. The Kier molecular flexibility index (Phi) is 5.01. The SMILES string of the molecule is C[C@H](Oc1ccccc1Cl)C(=O)Nc1ccc(C(N)=O)cc1. The summed E-state index contributed by atoms with van der Waals surface area (Å²) in [5.74, 6) is -0.407. The predicted octanol–water partition coefficient (Wildman–Crippen LogP) is 2.84. The zero-order valence-corrected chi connectivity index (χ0v) is 12.6. The second-order valence-corrected chi connectivity index (χ2v) is 5.03. The number of primary amides is 1. The van der Waals surface area contributed by atoms with Gasteiger partial charge in [0.2, 0.25) is 5.91 Å². The Morgan fingerprint density at radius 3 is 2.36 bits per heavy atom. The molecule has 0 aliphatic heterocycles. The predicted molar refractivity (Wildman–Crippen MR) is 85.1 cm³/mol. The van der Waals surface area contributed by atoms with E-state index in [1.165, 1.54) is 12.1 Å². The molecule has 0 bridgehead atoms. The molecule has 6 heteroatoms. The van der Waals surface area contributed by atoms with E-state index in [0.717, 1.165) is 0 Å². The first kappa shape index (κ1) is 15.9. The van der Waals surface area contributed by atoms with Gasteiger partial charge in [-0.15, -0.1) is 0 Å². The van der Waals surface area contributed by atoms with Crippen LogP contribution in [0.25, 0.3) is 0 Å². The van der Waals surface area contributed by atoms with Crippen LogP contribution in [0.3, 0.4) is 0 Å². The summed E-state index contributed by atoms with van der Waals surface area (Å²) in [5, 5.41) is 3.13. The largest absolute Gasteiger partial charge is 0.479 e. The molecule has 2 aromatic rings. The lowest BCUT2D eigenvalue weighted by atomic mass is 10.2. The Labute approximate surface area is 133 Å². The maximum absolute atomic E-state index is 12.1. The molecule has 0 unspecified atom stereocenters. The highest BCUT2D eigenvalue weighted by Crippen LogP contribution is 2.24. The molecule has 114 valence electrons. The quantitative estimate of drug-likeness (QED) is 0.889. The molecule has 0 aromatic heterocycles. The van der Waals surface area contributed by atoms with Gasteiger partial charge < -0.3 is 15.8 Å². The van der Waals surface area contributed by atoms with Crippen molar-refractivity contribution in [3.63, 3.8) is 0 Å². The second-order valence-electron chi connectivity index (χ2n) is 4.62. The fourth-order valence-corrected chi connectivity index (χ4v) is 1.93. The van der Waals surface area contributed by atoms with Crippen molar-refractivity contribution in [1.82, 2.24) is 0 Å². The van der Waals surface area contributed by atoms with Crippen molar-refractivity contribution in [3.05, 3.63) is 59.1 Å². The molecule has 2 aromatic carbocycles. The molecule has 0 saturated carbocycles. The lowest BCUT2D eigenvalue weighted by Gasteiger charge is -2.15. The Morgan fingerprint density at radius 1 is 1.14 bits per heavy atom. The van der Waals surface area contributed by atoms with Crippen LogP contribution >= 0.6 is 11.6 Å². The molecule has 3 N–H and O–H groups in total. The fourth-order valence-electron chi connectivity index (χ4n) is 1.75. The van der Waals surface area contributed by atoms with E-state index in [1.54, 1.807) is 43.3 Å². The van der Waals surface area contributed by atoms with Crippen molar-refractivity contribution >= 4 is 29.1 Å². The van der Waals surface area contributed by atoms with Crippen molar-refractivity contribution in [2.24, 2.45) is 5.73 Å². The molecule has 2 rings (SSSR count). The third-order valence-electron chi connectivity index (χ3n) is 2.95. The van der Waals surface area contributed by atoms with Crippen LogP contribution in [0, 0.1) is 0 Å². The molecule has 22 heavy (non-hydrogen) atoms. The van der Waals surface area contributed by atoms with E-state index in [4.69, 9.17) is 22.1 Å². The third kappa shape index (κ3) is 3.99. The van der Waals surface area contributed by atoms with Crippen LogP contribution in [0.1, 0.15) is 17.3 Å². The van der Waals surface area contributed by atoms with Gasteiger partial charge in [0.05, 0.1) is 5.02 Å². The molecule has 1 atom stereocenters. The zero-order chi connectivity index (χ0) is 16.1. The van der Waals surface area contributed by atoms with Gasteiger partial charge in [-0.2, -0.15) is 0 Å². The van der Waals surface area contributed by atoms with E-state index in [2.05, 4.69) is 5.32 Å². The van der Waals surface area contributed by atoms with Crippen LogP contribution in [0.4, 0.5) is 5.69 Å². The van der Waals surface area contributed by atoms with Gasteiger partial charge in [0, 0.05) is 11.3 Å². The van der Waals surface area contributed by atoms with Crippen LogP contribution in [0.2, 0.25) is 5.02 Å². The first-order valence-electron chi connectivity index (χ1n) is 6.59. The Bertz CT molecular complexity index is 686. The third-order valence-corrected chi connectivity index (χ3v) is 3.26. The van der Waals surface area contributed by atoms with E-state index < -0.39 is 12.0 Å². The summed E-state index contributed by atoms with van der Waals surface area (Å²) in [7, 11) is 0. The molecule has 0 aliphatic rings. The number of rotatable bonds is 5. The minimum atomic E-state index is -0.726. The average Bonchev–Trinajstić information content (AvgIpc) is 2.50. The molecule has 0 heterocycles. The summed E-state index contributed by atoms with van der Waals surface area (Å²) in [4.78, 5) is 23.1. The van der Waals surface area contributed by atoms with Crippen molar-refractivity contribution in [2.45, 2.75) is 13.0 Å². The van der Waals surface area contributed by atoms with E-state index in [9.17, 15) is 9.59 Å². The molecule has 0 fully saturated rings. The number of hydrogen-bond donors (Lipinski definition) is 2. The molecular weight excluding hydrogens is 304 g/mol. The zero-order valence-electron chi connectivity index (χ0n) is 11.9. The summed E-state index contributed by atoms with van der Waals surface area (Å²) in [6.45, 7) is 1.62. The van der Waals surface area contributed by atoms with Crippen LogP contribution in [-0.2, 0) is 4.79 Å². The smallest absolute Gasteiger partial charge is 0.265 e. The number of para-hydroxylation sites is 1. The summed E-state index contributed by atoms with van der Waals surface area (Å²) in [6.07, 6.45) is -0.726. The number of amides is 2. The summed E-state index contributed by atoms with van der Waals surface area (Å²) < 4.78 is 5.52. The van der Waals surface area contributed by atoms with Crippen LogP contribution in [0.15, 0.2) is 48.5 Å². The minimum absolute atomic E-state index is 0.327. The fraction of sp³-hybridized carbons (Fsp3) is 0.125. The molecule has 5 nitrogen and oxygen atoms in total. The summed E-state index contributed by atoms with van der Waals surface area (Å²) in [6, 6.07) is 13.2. The van der Waals surface area contributed by atoms with Gasteiger partial charge in [-0.3, -0.25) is 9.59 Å². The summed E-state index contributed by atoms with van der Waals surface area (Å²) >= 11 is 5.98. The van der Waals surface area contributed by atoms with Gasteiger partial charge in [0.25, 0.3) is 5.91 Å². The number of carbonyl (C=O) groups excluding carboxylic acids is 2. The van der Waals surface area contributed by atoms with Crippen molar-refractivity contribution in [1.29, 1.82) is 0 Å². The van der Waals surface area contributed by atoms with Crippen LogP contribution in [-0.4, -0.2) is 17.9 Å². The number of halogens is 1. The minimum Gasteiger partial charge on any atom is -0.479 e. The van der Waals surface area contributed by atoms with Gasteiger partial charge in [-0.1, -0.05) is 23.7 Å². The van der Waals surface area contributed by atoms with E-state index in [-0.39, 0.29) is 5.91 Å². The molecule has 0 saturated heterocycles. The standard InChI is InChI=1S/C16H15ClN2O3/c1-10(22-14-5-3-2-4-13(14)17)16(21)19-12-8-6-11(7-9-12)15(18)20/h2-10H,1H3,(H2,18,20)(H,19,21)/t10-/m0/s1. The van der Waals surface area contributed by atoms with Gasteiger partial charge in [0.15, 0.2) is 6.10 Å². The molecule has 0 aliphatic carbocycles.